The molecule has 0 aliphatic carbocycles. The van der Waals surface area contributed by atoms with Gasteiger partial charge in [-0.3, -0.25) is 4.79 Å². The first-order chi connectivity index (χ1) is 10.3. The van der Waals surface area contributed by atoms with Crippen LogP contribution in [0.2, 0.25) is 10.0 Å². The second-order valence-corrected chi connectivity index (χ2v) is 5.21. The third-order valence-electron chi connectivity index (χ3n) is 2.85. The number of rotatable bonds is 3. The van der Waals surface area contributed by atoms with Crippen LogP contribution in [0, 0.1) is 18.6 Å². The van der Waals surface area contributed by atoms with Crippen molar-refractivity contribution >= 4 is 35.5 Å². The average Bonchev–Trinajstić information content (AvgIpc) is 2.46. The molecule has 22 heavy (non-hydrogen) atoms. The Hall–Kier alpha value is -1.98. The van der Waals surface area contributed by atoms with E-state index < -0.39 is 23.2 Å². The van der Waals surface area contributed by atoms with Crippen molar-refractivity contribution in [2.24, 2.45) is 0 Å². The average molecular weight is 345 g/mol. The lowest BCUT2D eigenvalue weighted by molar-refractivity contribution is 0.0723. The molecule has 0 N–H and O–H groups in total. The molecule has 0 radical (unpaired) electrons. The van der Waals surface area contributed by atoms with Gasteiger partial charge >= 0.3 is 5.97 Å². The van der Waals surface area contributed by atoms with Crippen LogP contribution in [0.15, 0.2) is 24.3 Å². The molecule has 7 heteroatoms. The molecule has 0 saturated heterocycles. The normalized spacial score (nSPS) is 10.4. The summed E-state index contributed by atoms with van der Waals surface area (Å²) in [7, 11) is 0. The minimum Gasteiger partial charge on any atom is -0.420 e. The van der Waals surface area contributed by atoms with Gasteiger partial charge in [0.2, 0.25) is 0 Å². The van der Waals surface area contributed by atoms with E-state index >= 15 is 0 Å². The molecule has 0 saturated carbocycles. The Balaban J connectivity index is 2.47. The molecule has 3 nitrogen and oxygen atoms in total. The quantitative estimate of drug-likeness (QED) is 0.463. The zero-order valence-electron chi connectivity index (χ0n) is 11.1. The van der Waals surface area contributed by atoms with E-state index in [9.17, 15) is 18.4 Å². The number of halogens is 4. The summed E-state index contributed by atoms with van der Waals surface area (Å²) in [4.78, 5) is 23.0. The van der Waals surface area contributed by atoms with Gasteiger partial charge in [-0.25, -0.2) is 13.6 Å². The Morgan fingerprint density at radius 3 is 2.55 bits per heavy atom. The maximum atomic E-state index is 13.9. The molecule has 0 heterocycles. The molecule has 114 valence electrons. The van der Waals surface area contributed by atoms with Gasteiger partial charge in [-0.1, -0.05) is 29.3 Å². The first-order valence-electron chi connectivity index (χ1n) is 5.96. The van der Waals surface area contributed by atoms with Crippen molar-refractivity contribution in [3.05, 3.63) is 62.6 Å². The van der Waals surface area contributed by atoms with Crippen molar-refractivity contribution in [1.82, 2.24) is 0 Å². The van der Waals surface area contributed by atoms with Crippen molar-refractivity contribution in [3.8, 4) is 5.75 Å². The van der Waals surface area contributed by atoms with E-state index in [-0.39, 0.29) is 26.9 Å². The van der Waals surface area contributed by atoms with Crippen molar-refractivity contribution < 1.29 is 23.1 Å². The Morgan fingerprint density at radius 1 is 1.23 bits per heavy atom. The highest BCUT2D eigenvalue weighted by Crippen LogP contribution is 2.32. The smallest absolute Gasteiger partial charge is 0.349 e. The van der Waals surface area contributed by atoms with Crippen molar-refractivity contribution in [2.45, 2.75) is 6.92 Å². The van der Waals surface area contributed by atoms with Crippen molar-refractivity contribution in [1.29, 1.82) is 0 Å². The number of hydrogen-bond acceptors (Lipinski definition) is 3. The fourth-order valence-electron chi connectivity index (χ4n) is 1.76. The molecular weight excluding hydrogens is 337 g/mol. The maximum absolute atomic E-state index is 13.9. The monoisotopic (exact) mass is 344 g/mol. The molecule has 0 fully saturated rings. The number of esters is 1. The Labute approximate surface area is 134 Å². The van der Waals surface area contributed by atoms with Crippen LogP contribution in [0.1, 0.15) is 26.3 Å². The standard InChI is InChI=1S/C15H8Cl2F2O3/c1-7-2-3-11(18)12(13(7)19)15(21)22-14-8(6-20)4-9(16)5-10(14)17/h2-6H,1H3. The molecule has 2 aromatic carbocycles. The van der Waals surface area contributed by atoms with Gasteiger partial charge in [0.25, 0.3) is 0 Å². The fourth-order valence-corrected chi connectivity index (χ4v) is 2.31. The summed E-state index contributed by atoms with van der Waals surface area (Å²) in [6, 6.07) is 4.58. The SMILES string of the molecule is Cc1ccc(F)c(C(=O)Oc2c(Cl)cc(Cl)cc2C=O)c1F. The highest BCUT2D eigenvalue weighted by atomic mass is 35.5. The highest BCUT2D eigenvalue weighted by molar-refractivity contribution is 6.36. The number of carbonyl (C=O) groups is 2. The lowest BCUT2D eigenvalue weighted by Crippen LogP contribution is -2.15. The molecule has 0 amide bonds. The number of ether oxygens (including phenoxy) is 1. The summed E-state index contributed by atoms with van der Waals surface area (Å²) in [5.41, 5.74) is -0.895. The third kappa shape index (κ3) is 3.10. The van der Waals surface area contributed by atoms with Crippen LogP contribution in [0.5, 0.6) is 5.75 Å². The molecule has 0 aromatic heterocycles. The Bertz CT molecular complexity index is 776. The second-order valence-electron chi connectivity index (χ2n) is 4.37. The fraction of sp³-hybridized carbons (Fsp3) is 0.0667. The molecule has 0 aliphatic heterocycles. The van der Waals surface area contributed by atoms with Crippen LogP contribution >= 0.6 is 23.2 Å². The van der Waals surface area contributed by atoms with E-state index in [1.165, 1.54) is 25.1 Å². The zero-order valence-corrected chi connectivity index (χ0v) is 12.6. The van der Waals surface area contributed by atoms with Gasteiger partial charge in [0, 0.05) is 5.02 Å². The summed E-state index contributed by atoms with van der Waals surface area (Å²) in [6.07, 6.45) is 0.364. The molecule has 2 aromatic rings. The number of aldehydes is 1. The van der Waals surface area contributed by atoms with Crippen LogP contribution in [0.25, 0.3) is 0 Å². The minimum absolute atomic E-state index is 0.0752. The van der Waals surface area contributed by atoms with E-state index in [0.29, 0.717) is 6.29 Å². The molecule has 0 unspecified atom stereocenters. The predicted molar refractivity (Wildman–Crippen MR) is 77.9 cm³/mol. The largest absolute Gasteiger partial charge is 0.420 e. The first kappa shape index (κ1) is 16.4. The molecule has 0 aliphatic rings. The topological polar surface area (TPSA) is 43.4 Å². The van der Waals surface area contributed by atoms with Crippen LogP contribution < -0.4 is 4.74 Å². The second kappa shape index (κ2) is 6.42. The third-order valence-corrected chi connectivity index (χ3v) is 3.35. The maximum Gasteiger partial charge on any atom is 0.349 e. The summed E-state index contributed by atoms with van der Waals surface area (Å²) < 4.78 is 32.4. The molecule has 0 bridgehead atoms. The van der Waals surface area contributed by atoms with Crippen LogP contribution in [0.4, 0.5) is 8.78 Å². The van der Waals surface area contributed by atoms with Crippen LogP contribution in [-0.2, 0) is 0 Å². The van der Waals surface area contributed by atoms with Gasteiger partial charge < -0.3 is 4.74 Å². The number of hydrogen-bond donors (Lipinski definition) is 0. The lowest BCUT2D eigenvalue weighted by Gasteiger charge is -2.11. The Morgan fingerprint density at radius 2 is 1.91 bits per heavy atom. The van der Waals surface area contributed by atoms with Gasteiger partial charge in [-0.05, 0) is 30.7 Å². The first-order valence-corrected chi connectivity index (χ1v) is 6.71. The summed E-state index contributed by atoms with van der Waals surface area (Å²) >= 11 is 11.6. The zero-order chi connectivity index (χ0) is 16.4. The van der Waals surface area contributed by atoms with Crippen LogP contribution in [-0.4, -0.2) is 12.3 Å². The van der Waals surface area contributed by atoms with Crippen LogP contribution in [0.3, 0.4) is 0 Å². The summed E-state index contributed by atoms with van der Waals surface area (Å²) in [5, 5.41) is 0.0243. The lowest BCUT2D eigenvalue weighted by atomic mass is 10.1. The molecular formula is C15H8Cl2F2O3. The van der Waals surface area contributed by atoms with E-state index in [4.69, 9.17) is 27.9 Å². The molecule has 0 atom stereocenters. The van der Waals surface area contributed by atoms with Gasteiger partial charge in [-0.2, -0.15) is 0 Å². The van der Waals surface area contributed by atoms with Crippen molar-refractivity contribution in [3.63, 3.8) is 0 Å². The number of aryl methyl sites for hydroxylation is 1. The van der Waals surface area contributed by atoms with E-state index in [1.54, 1.807) is 0 Å². The Kier molecular flexibility index (Phi) is 4.78. The number of carbonyl (C=O) groups excluding carboxylic acids is 2. The minimum atomic E-state index is -1.30. The van der Waals surface area contributed by atoms with Gasteiger partial charge in [-0.15, -0.1) is 0 Å². The molecule has 0 spiro atoms. The predicted octanol–water partition coefficient (Wildman–Crippen LogP) is 4.61. The van der Waals surface area contributed by atoms with Gasteiger partial charge in [0.05, 0.1) is 10.6 Å². The number of benzene rings is 2. The summed E-state index contributed by atoms with van der Waals surface area (Å²) in [5.74, 6) is -3.73. The van der Waals surface area contributed by atoms with E-state index in [1.807, 2.05) is 0 Å². The van der Waals surface area contributed by atoms with Gasteiger partial charge in [0.15, 0.2) is 12.0 Å². The highest BCUT2D eigenvalue weighted by Gasteiger charge is 2.23. The molecule has 2 rings (SSSR count). The van der Waals surface area contributed by atoms with E-state index in [2.05, 4.69) is 0 Å². The van der Waals surface area contributed by atoms with Gasteiger partial charge in [0.1, 0.15) is 17.2 Å². The summed E-state index contributed by atoms with van der Waals surface area (Å²) in [6.45, 7) is 1.37. The van der Waals surface area contributed by atoms with E-state index in [0.717, 1.165) is 6.07 Å². The van der Waals surface area contributed by atoms with Crippen molar-refractivity contribution in [2.75, 3.05) is 0 Å².